The third-order valence-electron chi connectivity index (χ3n) is 3.50. The van der Waals surface area contributed by atoms with Crippen molar-refractivity contribution in [3.05, 3.63) is 22.7 Å². The third-order valence-corrected chi connectivity index (χ3v) is 5.48. The van der Waals surface area contributed by atoms with Crippen molar-refractivity contribution < 1.29 is 22.6 Å². The van der Waals surface area contributed by atoms with Gasteiger partial charge in [-0.2, -0.15) is 0 Å². The maximum absolute atomic E-state index is 12.3. The van der Waals surface area contributed by atoms with Gasteiger partial charge in [-0.25, -0.2) is 13.1 Å². The molecule has 130 valence electrons. The summed E-state index contributed by atoms with van der Waals surface area (Å²) in [7, 11) is -2.17. The smallest absolute Gasteiger partial charge is 0.244 e. The summed E-state index contributed by atoms with van der Waals surface area (Å²) in [6, 6.07) is 4.87. The van der Waals surface area contributed by atoms with Gasteiger partial charge in [-0.05, 0) is 37.5 Å². The molecule has 1 fully saturated rings. The van der Waals surface area contributed by atoms with Crippen LogP contribution in [0.4, 0.5) is 0 Å². The zero-order valence-corrected chi connectivity index (χ0v) is 15.5. The first-order chi connectivity index (χ1) is 11.0. The first-order valence-electron chi connectivity index (χ1n) is 7.55. The third kappa shape index (κ3) is 5.72. The van der Waals surface area contributed by atoms with Gasteiger partial charge in [-0.3, -0.25) is 0 Å². The Bertz CT molecular complexity index is 602. The molecule has 1 aliphatic heterocycles. The molecule has 1 aliphatic rings. The van der Waals surface area contributed by atoms with Crippen molar-refractivity contribution in [1.82, 2.24) is 4.72 Å². The first kappa shape index (κ1) is 18.7. The van der Waals surface area contributed by atoms with E-state index in [-0.39, 0.29) is 11.0 Å². The lowest BCUT2D eigenvalue weighted by molar-refractivity contribution is 0.0169. The van der Waals surface area contributed by atoms with E-state index in [1.165, 1.54) is 13.2 Å². The van der Waals surface area contributed by atoms with Crippen LogP contribution in [0.25, 0.3) is 0 Å². The second-order valence-electron chi connectivity index (χ2n) is 5.26. The lowest BCUT2D eigenvalue weighted by atomic mass is 10.2. The Kier molecular flexibility index (Phi) is 7.29. The van der Waals surface area contributed by atoms with E-state index in [1.54, 1.807) is 12.1 Å². The highest BCUT2D eigenvalue weighted by Crippen LogP contribution is 2.26. The van der Waals surface area contributed by atoms with Crippen LogP contribution in [-0.2, 0) is 19.5 Å². The van der Waals surface area contributed by atoms with Gasteiger partial charge in [0.15, 0.2) is 0 Å². The monoisotopic (exact) mass is 407 g/mol. The number of ether oxygens (including phenoxy) is 3. The quantitative estimate of drug-likeness (QED) is 0.635. The molecule has 0 radical (unpaired) electrons. The Morgan fingerprint density at radius 3 is 2.96 bits per heavy atom. The van der Waals surface area contributed by atoms with Gasteiger partial charge < -0.3 is 14.2 Å². The highest BCUT2D eigenvalue weighted by atomic mass is 79.9. The summed E-state index contributed by atoms with van der Waals surface area (Å²) in [5.41, 5.74) is 0. The summed E-state index contributed by atoms with van der Waals surface area (Å²) in [5, 5.41) is 0. The molecule has 0 bridgehead atoms. The highest BCUT2D eigenvalue weighted by molar-refractivity contribution is 9.10. The van der Waals surface area contributed by atoms with Crippen molar-refractivity contribution in [1.29, 1.82) is 0 Å². The Labute approximate surface area is 145 Å². The van der Waals surface area contributed by atoms with Gasteiger partial charge in [0.1, 0.15) is 10.6 Å². The van der Waals surface area contributed by atoms with Gasteiger partial charge in [-0.15, -0.1) is 0 Å². The largest absolute Gasteiger partial charge is 0.495 e. The maximum atomic E-state index is 12.3. The molecule has 1 atom stereocenters. The second-order valence-corrected chi connectivity index (χ2v) is 7.91. The summed E-state index contributed by atoms with van der Waals surface area (Å²) in [4.78, 5) is 0.120. The van der Waals surface area contributed by atoms with Crippen LogP contribution < -0.4 is 9.46 Å². The van der Waals surface area contributed by atoms with Crippen molar-refractivity contribution in [3.8, 4) is 5.75 Å². The molecular weight excluding hydrogens is 386 g/mol. The predicted molar refractivity (Wildman–Crippen MR) is 90.3 cm³/mol. The Morgan fingerprint density at radius 2 is 2.26 bits per heavy atom. The van der Waals surface area contributed by atoms with Crippen molar-refractivity contribution in [3.63, 3.8) is 0 Å². The van der Waals surface area contributed by atoms with Gasteiger partial charge in [-0.1, -0.05) is 15.9 Å². The molecular formula is C15H22BrNO5S. The minimum Gasteiger partial charge on any atom is -0.495 e. The maximum Gasteiger partial charge on any atom is 0.244 e. The van der Waals surface area contributed by atoms with E-state index in [0.29, 0.717) is 36.4 Å². The number of nitrogens with one attached hydrogen (secondary N) is 1. The number of rotatable bonds is 9. The molecule has 1 unspecified atom stereocenters. The number of hydrogen-bond donors (Lipinski definition) is 1. The van der Waals surface area contributed by atoms with Crippen molar-refractivity contribution in [2.45, 2.75) is 30.3 Å². The van der Waals surface area contributed by atoms with Crippen LogP contribution in [0.5, 0.6) is 5.75 Å². The zero-order valence-electron chi connectivity index (χ0n) is 13.1. The zero-order chi connectivity index (χ0) is 16.7. The van der Waals surface area contributed by atoms with Crippen LogP contribution in [0.2, 0.25) is 0 Å². The van der Waals surface area contributed by atoms with Crippen LogP contribution in [-0.4, -0.2) is 48.0 Å². The summed E-state index contributed by atoms with van der Waals surface area (Å²) in [5.74, 6) is 0.315. The van der Waals surface area contributed by atoms with Crippen molar-refractivity contribution >= 4 is 26.0 Å². The Hall–Kier alpha value is -0.670. The van der Waals surface area contributed by atoms with Crippen LogP contribution in [0.15, 0.2) is 27.6 Å². The van der Waals surface area contributed by atoms with E-state index < -0.39 is 10.0 Å². The molecule has 23 heavy (non-hydrogen) atoms. The molecule has 1 saturated heterocycles. The molecule has 1 aromatic carbocycles. The number of hydrogen-bond acceptors (Lipinski definition) is 5. The number of sulfonamides is 1. The molecule has 0 aliphatic carbocycles. The van der Waals surface area contributed by atoms with Crippen LogP contribution in [0.3, 0.4) is 0 Å². The number of methoxy groups -OCH3 is 1. The van der Waals surface area contributed by atoms with Crippen LogP contribution in [0.1, 0.15) is 19.3 Å². The minimum atomic E-state index is -3.61. The Morgan fingerprint density at radius 1 is 1.43 bits per heavy atom. The van der Waals surface area contributed by atoms with Gasteiger partial charge in [0.25, 0.3) is 0 Å². The fourth-order valence-corrected chi connectivity index (χ4v) is 4.09. The Balaban J connectivity index is 1.76. The van der Waals surface area contributed by atoms with Gasteiger partial charge in [0.2, 0.25) is 10.0 Å². The number of halogens is 1. The fourth-order valence-electron chi connectivity index (χ4n) is 2.31. The highest BCUT2D eigenvalue weighted by Gasteiger charge is 2.19. The van der Waals surface area contributed by atoms with E-state index in [0.717, 1.165) is 19.4 Å². The lowest BCUT2D eigenvalue weighted by Crippen LogP contribution is -2.26. The molecule has 8 heteroatoms. The van der Waals surface area contributed by atoms with E-state index in [1.807, 2.05) is 0 Å². The van der Waals surface area contributed by atoms with E-state index in [2.05, 4.69) is 20.7 Å². The molecule has 0 aromatic heterocycles. The van der Waals surface area contributed by atoms with Crippen molar-refractivity contribution in [2.75, 3.05) is 33.5 Å². The predicted octanol–water partition coefficient (Wildman–Crippen LogP) is 2.32. The molecule has 1 aromatic rings. The average molecular weight is 408 g/mol. The standard InChI is InChI=1S/C15H22BrNO5S/c1-20-14-6-5-12(16)10-15(14)23(18,19)17-7-3-8-21-11-13-4-2-9-22-13/h5-6,10,13,17H,2-4,7-9,11H2,1H3. The van der Waals surface area contributed by atoms with E-state index in [4.69, 9.17) is 14.2 Å². The molecule has 0 spiro atoms. The summed E-state index contributed by atoms with van der Waals surface area (Å²) in [6.07, 6.45) is 2.91. The second kappa shape index (κ2) is 8.98. The van der Waals surface area contributed by atoms with Crippen LogP contribution in [0, 0.1) is 0 Å². The lowest BCUT2D eigenvalue weighted by Gasteiger charge is -2.12. The molecule has 2 rings (SSSR count). The molecule has 1 heterocycles. The molecule has 6 nitrogen and oxygen atoms in total. The first-order valence-corrected chi connectivity index (χ1v) is 9.83. The molecule has 0 amide bonds. The number of benzene rings is 1. The average Bonchev–Trinajstić information content (AvgIpc) is 3.04. The summed E-state index contributed by atoms with van der Waals surface area (Å²) >= 11 is 3.27. The van der Waals surface area contributed by atoms with Crippen LogP contribution >= 0.6 is 15.9 Å². The van der Waals surface area contributed by atoms with Gasteiger partial charge in [0, 0.05) is 24.2 Å². The fraction of sp³-hybridized carbons (Fsp3) is 0.600. The normalized spacial score (nSPS) is 18.3. The van der Waals surface area contributed by atoms with Gasteiger partial charge in [0.05, 0.1) is 19.8 Å². The van der Waals surface area contributed by atoms with E-state index in [9.17, 15) is 8.42 Å². The summed E-state index contributed by atoms with van der Waals surface area (Å²) in [6.45, 7) is 2.19. The minimum absolute atomic E-state index is 0.120. The molecule has 1 N–H and O–H groups in total. The molecule has 0 saturated carbocycles. The van der Waals surface area contributed by atoms with Gasteiger partial charge >= 0.3 is 0 Å². The SMILES string of the molecule is COc1ccc(Br)cc1S(=O)(=O)NCCCOCC1CCCO1. The van der Waals surface area contributed by atoms with Crippen molar-refractivity contribution in [2.24, 2.45) is 0 Å². The summed E-state index contributed by atoms with van der Waals surface area (Å²) < 4.78 is 44.0. The van der Waals surface area contributed by atoms with E-state index >= 15 is 0 Å². The topological polar surface area (TPSA) is 73.9 Å².